The predicted octanol–water partition coefficient (Wildman–Crippen LogP) is 1.35. The quantitative estimate of drug-likeness (QED) is 0.926. The smallest absolute Gasteiger partial charge is 0.251 e. The van der Waals surface area contributed by atoms with Crippen LogP contribution in [0.4, 0.5) is 10.1 Å². The van der Waals surface area contributed by atoms with E-state index in [2.05, 4.69) is 5.32 Å². The zero-order valence-electron chi connectivity index (χ0n) is 10.8. The number of hydrogen-bond acceptors (Lipinski definition) is 4. The van der Waals surface area contributed by atoms with Gasteiger partial charge in [0.15, 0.2) is 11.5 Å². The first kappa shape index (κ1) is 13.2. The summed E-state index contributed by atoms with van der Waals surface area (Å²) in [6, 6.07) is 7.07. The van der Waals surface area contributed by atoms with E-state index in [1.807, 2.05) is 0 Å². The maximum Gasteiger partial charge on any atom is 0.251 e. The van der Waals surface area contributed by atoms with Crippen LogP contribution < -0.4 is 20.3 Å². The molecule has 1 aromatic heterocycles. The normalized spacial score (nSPS) is 12.2. The average molecular weight is 290 g/mol. The topological polar surface area (TPSA) is 69.6 Å². The van der Waals surface area contributed by atoms with Crippen molar-refractivity contribution in [1.82, 2.24) is 4.57 Å². The largest absolute Gasteiger partial charge is 0.454 e. The van der Waals surface area contributed by atoms with Crippen LogP contribution in [0.25, 0.3) is 0 Å². The van der Waals surface area contributed by atoms with Gasteiger partial charge in [-0.1, -0.05) is 0 Å². The van der Waals surface area contributed by atoms with E-state index >= 15 is 0 Å². The number of amides is 1. The molecule has 108 valence electrons. The summed E-state index contributed by atoms with van der Waals surface area (Å²) in [5, 5.41) is 2.61. The first-order valence-corrected chi connectivity index (χ1v) is 6.17. The number of fused-ring (bicyclic) bond motifs is 1. The van der Waals surface area contributed by atoms with Crippen molar-refractivity contribution in [2.45, 2.75) is 6.54 Å². The Morgan fingerprint density at radius 1 is 1.24 bits per heavy atom. The van der Waals surface area contributed by atoms with Crippen molar-refractivity contribution in [2.24, 2.45) is 0 Å². The number of nitrogens with one attached hydrogen (secondary N) is 1. The van der Waals surface area contributed by atoms with Crippen molar-refractivity contribution in [3.8, 4) is 11.5 Å². The molecule has 3 rings (SSSR count). The summed E-state index contributed by atoms with van der Waals surface area (Å²) >= 11 is 0. The molecule has 1 aliphatic rings. The van der Waals surface area contributed by atoms with Crippen LogP contribution >= 0.6 is 0 Å². The molecule has 7 heteroatoms. The van der Waals surface area contributed by atoms with E-state index in [1.165, 1.54) is 0 Å². The number of carbonyl (C=O) groups is 1. The molecule has 0 spiro atoms. The van der Waals surface area contributed by atoms with Gasteiger partial charge >= 0.3 is 0 Å². The molecule has 21 heavy (non-hydrogen) atoms. The van der Waals surface area contributed by atoms with Crippen molar-refractivity contribution in [3.05, 3.63) is 52.7 Å². The molecule has 0 fully saturated rings. The van der Waals surface area contributed by atoms with E-state index < -0.39 is 17.3 Å². The minimum absolute atomic E-state index is 0.144. The predicted molar refractivity (Wildman–Crippen MR) is 71.9 cm³/mol. The van der Waals surface area contributed by atoms with Crippen LogP contribution in [0.15, 0.2) is 41.3 Å². The number of aromatic nitrogens is 1. The van der Waals surface area contributed by atoms with E-state index in [1.54, 1.807) is 18.2 Å². The number of nitrogens with zero attached hydrogens (tertiary/aromatic N) is 1. The minimum atomic E-state index is -0.578. The molecule has 1 amide bonds. The highest BCUT2D eigenvalue weighted by molar-refractivity contribution is 5.90. The first-order chi connectivity index (χ1) is 10.1. The van der Waals surface area contributed by atoms with Gasteiger partial charge in [-0.3, -0.25) is 9.59 Å². The van der Waals surface area contributed by atoms with Gasteiger partial charge in [0.1, 0.15) is 12.4 Å². The summed E-state index contributed by atoms with van der Waals surface area (Å²) in [4.78, 5) is 23.4. The Labute approximate surface area is 118 Å². The van der Waals surface area contributed by atoms with Crippen LogP contribution in [0.2, 0.25) is 0 Å². The van der Waals surface area contributed by atoms with Crippen LogP contribution in [0.3, 0.4) is 0 Å². The van der Waals surface area contributed by atoms with Crippen molar-refractivity contribution < 1.29 is 18.7 Å². The van der Waals surface area contributed by atoms with Gasteiger partial charge in [0.2, 0.25) is 12.7 Å². The van der Waals surface area contributed by atoms with Crippen molar-refractivity contribution in [2.75, 3.05) is 12.1 Å². The molecule has 6 nitrogen and oxygen atoms in total. The van der Waals surface area contributed by atoms with Gasteiger partial charge in [0.05, 0.1) is 0 Å². The lowest BCUT2D eigenvalue weighted by Crippen LogP contribution is -2.27. The highest BCUT2D eigenvalue weighted by atomic mass is 19.1. The number of benzene rings is 1. The lowest BCUT2D eigenvalue weighted by Gasteiger charge is -2.08. The Hall–Kier alpha value is -2.83. The number of rotatable bonds is 3. The number of ether oxygens (including phenoxy) is 2. The highest BCUT2D eigenvalue weighted by Crippen LogP contribution is 2.34. The molecule has 1 N–H and O–H groups in total. The van der Waals surface area contributed by atoms with E-state index in [4.69, 9.17) is 9.47 Å². The van der Waals surface area contributed by atoms with Crippen LogP contribution in [-0.4, -0.2) is 17.3 Å². The Morgan fingerprint density at radius 3 is 2.90 bits per heavy atom. The third-order valence-corrected chi connectivity index (χ3v) is 2.92. The van der Waals surface area contributed by atoms with Crippen molar-refractivity contribution in [3.63, 3.8) is 0 Å². The highest BCUT2D eigenvalue weighted by Gasteiger charge is 2.14. The fraction of sp³-hybridized carbons (Fsp3) is 0.143. The number of hydrogen-bond donors (Lipinski definition) is 1. The van der Waals surface area contributed by atoms with E-state index in [0.717, 1.165) is 22.9 Å². The lowest BCUT2D eigenvalue weighted by atomic mass is 10.3. The summed E-state index contributed by atoms with van der Waals surface area (Å²) in [5.41, 5.74) is 0.0611. The third-order valence-electron chi connectivity index (χ3n) is 2.92. The van der Waals surface area contributed by atoms with Crippen molar-refractivity contribution in [1.29, 1.82) is 0 Å². The Kier molecular flexibility index (Phi) is 3.31. The van der Waals surface area contributed by atoms with Gasteiger partial charge in [-0.2, -0.15) is 0 Å². The summed E-state index contributed by atoms with van der Waals surface area (Å²) < 4.78 is 24.4. The lowest BCUT2D eigenvalue weighted by molar-refractivity contribution is -0.116. The van der Waals surface area contributed by atoms with E-state index in [0.29, 0.717) is 17.2 Å². The first-order valence-electron chi connectivity index (χ1n) is 6.17. The zero-order valence-corrected chi connectivity index (χ0v) is 10.8. The second-order valence-corrected chi connectivity index (χ2v) is 4.43. The Balaban J connectivity index is 1.72. The molecule has 2 heterocycles. The molecular formula is C14H11FN2O4. The molecule has 1 aliphatic heterocycles. The SMILES string of the molecule is O=C(Cn1cc(F)ccc1=O)Nc1ccc2c(c1)OCO2. The number of anilines is 1. The summed E-state index contributed by atoms with van der Waals surface area (Å²) in [5.74, 6) is 0.122. The molecule has 0 aliphatic carbocycles. The molecule has 0 saturated carbocycles. The molecule has 0 saturated heterocycles. The van der Waals surface area contributed by atoms with Gasteiger partial charge < -0.3 is 19.4 Å². The summed E-state index contributed by atoms with van der Waals surface area (Å²) in [7, 11) is 0. The average Bonchev–Trinajstić information content (AvgIpc) is 2.90. The molecular weight excluding hydrogens is 279 g/mol. The Morgan fingerprint density at radius 2 is 2.05 bits per heavy atom. The molecule has 2 aromatic rings. The van der Waals surface area contributed by atoms with Gasteiger partial charge in [-0.25, -0.2) is 4.39 Å². The molecule has 1 aromatic carbocycles. The second-order valence-electron chi connectivity index (χ2n) is 4.43. The monoisotopic (exact) mass is 290 g/mol. The fourth-order valence-electron chi connectivity index (χ4n) is 1.96. The summed E-state index contributed by atoms with van der Waals surface area (Å²) in [6.45, 7) is -0.129. The molecule has 0 bridgehead atoms. The van der Waals surface area contributed by atoms with Gasteiger partial charge in [-0.15, -0.1) is 0 Å². The minimum Gasteiger partial charge on any atom is -0.454 e. The number of carbonyl (C=O) groups excluding carboxylic acids is 1. The molecule has 0 radical (unpaired) electrons. The third kappa shape index (κ3) is 2.86. The molecule has 0 unspecified atom stereocenters. The van der Waals surface area contributed by atoms with Crippen LogP contribution in [0, 0.1) is 5.82 Å². The fourth-order valence-corrected chi connectivity index (χ4v) is 1.96. The van der Waals surface area contributed by atoms with Crippen molar-refractivity contribution >= 4 is 11.6 Å². The standard InChI is InChI=1S/C14H11FN2O4/c15-9-1-4-14(19)17(6-9)7-13(18)16-10-2-3-11-12(5-10)21-8-20-11/h1-6H,7-8H2,(H,16,18). The number of halogens is 1. The van der Waals surface area contributed by atoms with Crippen LogP contribution in [0.5, 0.6) is 11.5 Å². The maximum absolute atomic E-state index is 13.1. The second kappa shape index (κ2) is 5.28. The summed E-state index contributed by atoms with van der Waals surface area (Å²) in [6.07, 6.45) is 0.988. The van der Waals surface area contributed by atoms with E-state index in [9.17, 15) is 14.0 Å². The zero-order chi connectivity index (χ0) is 14.8. The van der Waals surface area contributed by atoms with Gasteiger partial charge in [-0.05, 0) is 18.2 Å². The maximum atomic E-state index is 13.1. The van der Waals surface area contributed by atoms with Crippen LogP contribution in [0.1, 0.15) is 0 Å². The van der Waals surface area contributed by atoms with Gasteiger partial charge in [0, 0.05) is 24.0 Å². The Bertz CT molecular complexity index is 757. The van der Waals surface area contributed by atoms with Gasteiger partial charge in [0.25, 0.3) is 5.56 Å². The molecule has 0 atom stereocenters. The van der Waals surface area contributed by atoms with Crippen LogP contribution in [-0.2, 0) is 11.3 Å². The number of pyridine rings is 1. The van der Waals surface area contributed by atoms with E-state index in [-0.39, 0.29) is 13.3 Å².